The van der Waals surface area contributed by atoms with Gasteiger partial charge in [0.1, 0.15) is 17.2 Å². The van der Waals surface area contributed by atoms with Gasteiger partial charge in [-0.15, -0.1) is 15.8 Å². The van der Waals surface area contributed by atoms with Gasteiger partial charge in [0.05, 0.1) is 0 Å². The van der Waals surface area contributed by atoms with Crippen molar-refractivity contribution in [2.75, 3.05) is 0 Å². The molecule has 1 aromatic rings. The normalized spacial score (nSPS) is 7.80. The Labute approximate surface area is 85.0 Å². The molecule has 0 aliphatic heterocycles. The fourth-order valence-corrected chi connectivity index (χ4v) is 0.881. The second kappa shape index (κ2) is 4.96. The van der Waals surface area contributed by atoms with Crippen LogP contribution in [0.3, 0.4) is 0 Å². The van der Waals surface area contributed by atoms with Crippen LogP contribution in [0.5, 0.6) is 17.2 Å². The Hall–Kier alpha value is -2.91. The summed E-state index contributed by atoms with van der Waals surface area (Å²) in [5.74, 6) is 0.363. The molecule has 0 bridgehead atoms. The summed E-state index contributed by atoms with van der Waals surface area (Å²) in [5, 5.41) is 24.8. The van der Waals surface area contributed by atoms with Crippen LogP contribution in [0.1, 0.15) is 0 Å². The average molecular weight is 201 g/mol. The second-order valence-electron chi connectivity index (χ2n) is 2.22. The van der Waals surface area contributed by atoms with Crippen LogP contribution in [0.4, 0.5) is 0 Å². The van der Waals surface area contributed by atoms with Crippen LogP contribution >= 0.6 is 0 Å². The van der Waals surface area contributed by atoms with Gasteiger partial charge in [0.15, 0.2) is 0 Å². The van der Waals surface area contributed by atoms with Crippen molar-refractivity contribution in [3.05, 3.63) is 18.2 Å². The minimum absolute atomic E-state index is 0.121. The van der Waals surface area contributed by atoms with Crippen molar-refractivity contribution < 1.29 is 14.2 Å². The summed E-state index contributed by atoms with van der Waals surface area (Å²) in [6.45, 7) is 0. The predicted octanol–water partition coefficient (Wildman–Crippen LogP) is 1.27. The molecule has 6 heteroatoms. The van der Waals surface area contributed by atoms with Gasteiger partial charge in [-0.3, -0.25) is 0 Å². The Morgan fingerprint density at radius 2 is 0.933 bits per heavy atom. The number of nitriles is 3. The highest BCUT2D eigenvalue weighted by Gasteiger charge is 2.04. The molecule has 0 amide bonds. The van der Waals surface area contributed by atoms with E-state index in [1.165, 1.54) is 37.0 Å². The van der Waals surface area contributed by atoms with Gasteiger partial charge in [-0.2, -0.15) is 0 Å². The van der Waals surface area contributed by atoms with Crippen molar-refractivity contribution in [1.82, 2.24) is 0 Å². The molecule has 1 rings (SSSR count). The first kappa shape index (κ1) is 10.2. The van der Waals surface area contributed by atoms with Gasteiger partial charge in [0, 0.05) is 18.2 Å². The van der Waals surface area contributed by atoms with Crippen molar-refractivity contribution in [2.24, 2.45) is 0 Å². The molecule has 0 radical (unpaired) electrons. The molecular weight excluding hydrogens is 198 g/mol. The molecule has 0 heterocycles. The Bertz CT molecular complexity index is 395. The molecular formula is C9H3N3O3. The summed E-state index contributed by atoms with van der Waals surface area (Å²) in [4.78, 5) is 0. The van der Waals surface area contributed by atoms with E-state index in [1.54, 1.807) is 0 Å². The standard InChI is InChI=1S/C9H3N3O3/c10-4-13-7-1-8(14-5-11)3-9(2-7)15-6-12/h1-3H. The summed E-state index contributed by atoms with van der Waals surface area (Å²) in [6.07, 6.45) is 4.34. The number of hydrogen-bond acceptors (Lipinski definition) is 6. The molecule has 0 fully saturated rings. The summed E-state index contributed by atoms with van der Waals surface area (Å²) in [7, 11) is 0. The van der Waals surface area contributed by atoms with Crippen molar-refractivity contribution in [3.63, 3.8) is 0 Å². The lowest BCUT2D eigenvalue weighted by Gasteiger charge is -2.02. The third kappa shape index (κ3) is 2.80. The highest BCUT2D eigenvalue weighted by Crippen LogP contribution is 2.27. The maximum Gasteiger partial charge on any atom is 0.292 e. The summed E-state index contributed by atoms with van der Waals surface area (Å²) >= 11 is 0. The van der Waals surface area contributed by atoms with E-state index < -0.39 is 0 Å². The van der Waals surface area contributed by atoms with Gasteiger partial charge in [0.2, 0.25) is 0 Å². The van der Waals surface area contributed by atoms with Crippen molar-refractivity contribution in [3.8, 4) is 36.0 Å². The minimum Gasteiger partial charge on any atom is -0.388 e. The number of benzene rings is 1. The molecule has 0 unspecified atom stereocenters. The first-order chi connectivity index (χ1) is 7.30. The van der Waals surface area contributed by atoms with Gasteiger partial charge in [-0.25, -0.2) is 0 Å². The number of rotatable bonds is 3. The van der Waals surface area contributed by atoms with Gasteiger partial charge >= 0.3 is 0 Å². The first-order valence-electron chi connectivity index (χ1n) is 3.63. The Morgan fingerprint density at radius 1 is 0.667 bits per heavy atom. The van der Waals surface area contributed by atoms with E-state index in [2.05, 4.69) is 14.2 Å². The largest absolute Gasteiger partial charge is 0.388 e. The monoisotopic (exact) mass is 201 g/mol. The Morgan fingerprint density at radius 3 is 1.13 bits per heavy atom. The molecule has 0 aliphatic carbocycles. The maximum absolute atomic E-state index is 8.28. The van der Waals surface area contributed by atoms with Gasteiger partial charge in [0.25, 0.3) is 18.8 Å². The molecule has 15 heavy (non-hydrogen) atoms. The SMILES string of the molecule is N#COc1cc(OC#N)cc(OC#N)c1. The molecule has 0 atom stereocenters. The van der Waals surface area contributed by atoms with Crippen LogP contribution in [-0.4, -0.2) is 0 Å². The lowest BCUT2D eigenvalue weighted by molar-refractivity contribution is 0.462. The summed E-state index contributed by atoms with van der Waals surface area (Å²) in [5.41, 5.74) is 0. The fourth-order valence-electron chi connectivity index (χ4n) is 0.881. The molecule has 0 N–H and O–H groups in total. The minimum atomic E-state index is 0.121. The molecule has 6 nitrogen and oxygen atoms in total. The molecule has 0 aliphatic rings. The van der Waals surface area contributed by atoms with E-state index in [0.717, 1.165) is 0 Å². The van der Waals surface area contributed by atoms with E-state index in [0.29, 0.717) is 0 Å². The van der Waals surface area contributed by atoms with E-state index >= 15 is 0 Å². The van der Waals surface area contributed by atoms with Crippen LogP contribution in [0.15, 0.2) is 18.2 Å². The molecule has 0 saturated heterocycles. The lowest BCUT2D eigenvalue weighted by atomic mass is 10.3. The second-order valence-corrected chi connectivity index (χ2v) is 2.22. The van der Waals surface area contributed by atoms with Crippen LogP contribution in [-0.2, 0) is 0 Å². The highest BCUT2D eigenvalue weighted by atomic mass is 16.5. The van der Waals surface area contributed by atoms with Crippen LogP contribution in [0, 0.1) is 34.6 Å². The van der Waals surface area contributed by atoms with E-state index in [4.69, 9.17) is 15.8 Å². The summed E-state index contributed by atoms with van der Waals surface area (Å²) < 4.78 is 13.5. The molecule has 1 aromatic carbocycles. The third-order valence-electron chi connectivity index (χ3n) is 1.34. The van der Waals surface area contributed by atoms with Gasteiger partial charge < -0.3 is 14.2 Å². The van der Waals surface area contributed by atoms with Crippen LogP contribution in [0.25, 0.3) is 0 Å². The van der Waals surface area contributed by atoms with Crippen molar-refractivity contribution in [2.45, 2.75) is 0 Å². The molecule has 0 spiro atoms. The quantitative estimate of drug-likeness (QED) is 0.682. The Kier molecular flexibility index (Phi) is 3.36. The third-order valence-corrected chi connectivity index (χ3v) is 1.34. The first-order valence-corrected chi connectivity index (χ1v) is 3.63. The van der Waals surface area contributed by atoms with E-state index in [9.17, 15) is 0 Å². The zero-order valence-corrected chi connectivity index (χ0v) is 7.30. The highest BCUT2D eigenvalue weighted by molar-refractivity contribution is 5.43. The van der Waals surface area contributed by atoms with Gasteiger partial charge in [-0.05, 0) is 0 Å². The zero-order chi connectivity index (χ0) is 11.1. The van der Waals surface area contributed by atoms with Crippen molar-refractivity contribution >= 4 is 0 Å². The maximum atomic E-state index is 8.28. The van der Waals surface area contributed by atoms with E-state index in [1.807, 2.05) is 0 Å². The lowest BCUT2D eigenvalue weighted by Crippen LogP contribution is -1.89. The van der Waals surface area contributed by atoms with Gasteiger partial charge in [-0.1, -0.05) is 0 Å². The fraction of sp³-hybridized carbons (Fsp3) is 0. The molecule has 0 aromatic heterocycles. The van der Waals surface area contributed by atoms with Crippen molar-refractivity contribution in [1.29, 1.82) is 15.8 Å². The predicted molar refractivity (Wildman–Crippen MR) is 45.2 cm³/mol. The van der Waals surface area contributed by atoms with E-state index in [-0.39, 0.29) is 17.2 Å². The number of nitrogens with zero attached hydrogens (tertiary/aromatic N) is 3. The number of ether oxygens (including phenoxy) is 3. The number of hydrogen-bond donors (Lipinski definition) is 0. The topological polar surface area (TPSA) is 99.1 Å². The summed E-state index contributed by atoms with van der Waals surface area (Å²) in [6, 6.07) is 3.95. The average Bonchev–Trinajstić information content (AvgIpc) is 2.19. The molecule has 0 saturated carbocycles. The smallest absolute Gasteiger partial charge is 0.292 e. The van der Waals surface area contributed by atoms with Crippen LogP contribution in [0.2, 0.25) is 0 Å². The molecule has 72 valence electrons. The van der Waals surface area contributed by atoms with Crippen LogP contribution < -0.4 is 14.2 Å². The Balaban J connectivity index is 3.05. The zero-order valence-electron chi connectivity index (χ0n) is 7.30.